The Hall–Kier alpha value is -2.66. The highest BCUT2D eigenvalue weighted by Gasteiger charge is 2.20. The zero-order valence-corrected chi connectivity index (χ0v) is 12.4. The van der Waals surface area contributed by atoms with Crippen molar-refractivity contribution in [1.29, 1.82) is 0 Å². The third-order valence-corrected chi connectivity index (χ3v) is 4.01. The highest BCUT2D eigenvalue weighted by molar-refractivity contribution is 7.71. The van der Waals surface area contributed by atoms with Gasteiger partial charge in [0.1, 0.15) is 22.0 Å². The molecule has 1 aliphatic rings. The number of phenols is 1. The van der Waals surface area contributed by atoms with E-state index in [0.29, 0.717) is 22.8 Å². The summed E-state index contributed by atoms with van der Waals surface area (Å²) in [6, 6.07) is 14.7. The SMILES string of the molecule is Oc1ccc(-c2nc(=S)c3c([nH]2)Oc2ccccc2C3)cc1. The molecule has 2 N–H and O–H groups in total. The topological polar surface area (TPSA) is 58.1 Å². The molecule has 5 heteroatoms. The molecule has 0 fully saturated rings. The van der Waals surface area contributed by atoms with Crippen LogP contribution in [-0.4, -0.2) is 15.1 Å². The predicted octanol–water partition coefficient (Wildman–Crippen LogP) is 4.21. The Morgan fingerprint density at radius 3 is 2.68 bits per heavy atom. The summed E-state index contributed by atoms with van der Waals surface area (Å²) in [5.74, 6) is 2.32. The van der Waals surface area contributed by atoms with E-state index in [4.69, 9.17) is 17.0 Å². The number of fused-ring (bicyclic) bond motifs is 2. The lowest BCUT2D eigenvalue weighted by atomic mass is 10.0. The summed E-state index contributed by atoms with van der Waals surface area (Å²) in [7, 11) is 0. The second-order valence-corrected chi connectivity index (χ2v) is 5.52. The first-order valence-electron chi connectivity index (χ1n) is 6.89. The van der Waals surface area contributed by atoms with Crippen molar-refractivity contribution in [2.45, 2.75) is 6.42 Å². The highest BCUT2D eigenvalue weighted by atomic mass is 32.1. The molecule has 0 unspecified atom stereocenters. The standard InChI is InChI=1S/C17H12N2O2S/c20-12-7-5-10(6-8-12)15-18-16-13(17(22)19-15)9-11-3-1-2-4-14(11)21-16/h1-8,20H,9H2,(H,18,19,22). The number of rotatable bonds is 1. The fourth-order valence-electron chi connectivity index (χ4n) is 2.53. The van der Waals surface area contributed by atoms with E-state index in [2.05, 4.69) is 9.97 Å². The third-order valence-electron chi connectivity index (χ3n) is 3.67. The molecule has 0 saturated carbocycles. The molecule has 0 radical (unpaired) electrons. The first-order valence-corrected chi connectivity index (χ1v) is 7.30. The lowest BCUT2D eigenvalue weighted by molar-refractivity contribution is 0.439. The summed E-state index contributed by atoms with van der Waals surface area (Å²) in [6.45, 7) is 0. The predicted molar refractivity (Wildman–Crippen MR) is 85.8 cm³/mol. The molecule has 2 aromatic carbocycles. The van der Waals surface area contributed by atoms with Crippen molar-refractivity contribution in [2.24, 2.45) is 0 Å². The van der Waals surface area contributed by atoms with Crippen molar-refractivity contribution in [3.05, 3.63) is 64.3 Å². The van der Waals surface area contributed by atoms with Gasteiger partial charge in [-0.25, -0.2) is 4.98 Å². The Bertz CT molecular complexity index is 917. The van der Waals surface area contributed by atoms with Crippen molar-refractivity contribution in [3.8, 4) is 28.8 Å². The number of hydrogen-bond acceptors (Lipinski definition) is 4. The van der Waals surface area contributed by atoms with Gasteiger partial charge >= 0.3 is 0 Å². The van der Waals surface area contributed by atoms with Gasteiger partial charge in [-0.2, -0.15) is 0 Å². The number of ether oxygens (including phenoxy) is 1. The molecule has 1 aliphatic heterocycles. The number of nitrogens with one attached hydrogen (secondary N) is 1. The maximum atomic E-state index is 9.38. The Balaban J connectivity index is 1.82. The summed E-state index contributed by atoms with van der Waals surface area (Å²) in [4.78, 5) is 7.66. The molecular weight excluding hydrogens is 296 g/mol. The van der Waals surface area contributed by atoms with E-state index in [1.54, 1.807) is 24.3 Å². The second-order valence-electron chi connectivity index (χ2n) is 5.13. The molecule has 0 spiro atoms. The number of H-pyrrole nitrogens is 1. The van der Waals surface area contributed by atoms with E-state index in [-0.39, 0.29) is 5.75 Å². The number of aromatic nitrogens is 2. The first-order chi connectivity index (χ1) is 10.7. The third kappa shape index (κ3) is 2.16. The largest absolute Gasteiger partial charge is 0.508 e. The fourth-order valence-corrected chi connectivity index (χ4v) is 2.78. The van der Waals surface area contributed by atoms with Gasteiger partial charge in [0.15, 0.2) is 0 Å². The molecule has 0 bridgehead atoms. The number of aromatic amines is 1. The van der Waals surface area contributed by atoms with Gasteiger partial charge in [0.05, 0.1) is 5.56 Å². The van der Waals surface area contributed by atoms with E-state index < -0.39 is 0 Å². The molecule has 0 saturated heterocycles. The average Bonchev–Trinajstić information content (AvgIpc) is 2.54. The fraction of sp³-hybridized carbons (Fsp3) is 0.0588. The Labute approximate surface area is 132 Å². The van der Waals surface area contributed by atoms with Crippen LogP contribution in [0.2, 0.25) is 0 Å². The Kier molecular flexibility index (Phi) is 2.94. The summed E-state index contributed by atoms with van der Waals surface area (Å²) >= 11 is 5.42. The molecule has 4 rings (SSSR count). The average molecular weight is 308 g/mol. The quantitative estimate of drug-likeness (QED) is 0.517. The van der Waals surface area contributed by atoms with E-state index in [1.807, 2.05) is 24.3 Å². The highest BCUT2D eigenvalue weighted by Crippen LogP contribution is 2.36. The van der Waals surface area contributed by atoms with E-state index in [9.17, 15) is 5.11 Å². The smallest absolute Gasteiger partial charge is 0.205 e. The van der Waals surface area contributed by atoms with Crippen molar-refractivity contribution in [2.75, 3.05) is 0 Å². The maximum absolute atomic E-state index is 9.38. The van der Waals surface area contributed by atoms with Gasteiger partial charge in [-0.05, 0) is 35.9 Å². The first kappa shape index (κ1) is 13.0. The zero-order valence-electron chi connectivity index (χ0n) is 11.5. The lowest BCUT2D eigenvalue weighted by Crippen LogP contribution is -2.07. The lowest BCUT2D eigenvalue weighted by Gasteiger charge is -2.20. The van der Waals surface area contributed by atoms with Crippen LogP contribution in [0.4, 0.5) is 0 Å². The summed E-state index contributed by atoms with van der Waals surface area (Å²) in [6.07, 6.45) is 0.712. The number of aromatic hydroxyl groups is 1. The minimum absolute atomic E-state index is 0.213. The van der Waals surface area contributed by atoms with Crippen molar-refractivity contribution < 1.29 is 9.84 Å². The van der Waals surface area contributed by atoms with Crippen molar-refractivity contribution in [1.82, 2.24) is 9.97 Å². The van der Waals surface area contributed by atoms with Gasteiger partial charge < -0.3 is 14.8 Å². The Morgan fingerprint density at radius 2 is 1.86 bits per heavy atom. The summed E-state index contributed by atoms with van der Waals surface area (Å²) in [5, 5.41) is 9.38. The number of nitrogens with zero attached hydrogens (tertiary/aromatic N) is 1. The molecule has 3 aromatic rings. The molecule has 22 heavy (non-hydrogen) atoms. The minimum atomic E-state index is 0.213. The molecule has 4 nitrogen and oxygen atoms in total. The monoisotopic (exact) mass is 308 g/mol. The molecule has 0 amide bonds. The van der Waals surface area contributed by atoms with Crippen LogP contribution >= 0.6 is 12.2 Å². The van der Waals surface area contributed by atoms with Gasteiger partial charge in [-0.1, -0.05) is 30.4 Å². The van der Waals surface area contributed by atoms with Crippen LogP contribution in [0, 0.1) is 4.64 Å². The maximum Gasteiger partial charge on any atom is 0.205 e. The van der Waals surface area contributed by atoms with E-state index >= 15 is 0 Å². The van der Waals surface area contributed by atoms with Crippen LogP contribution < -0.4 is 4.74 Å². The van der Waals surface area contributed by atoms with Crippen LogP contribution in [0.1, 0.15) is 11.1 Å². The number of para-hydroxylation sites is 1. The van der Waals surface area contributed by atoms with Crippen LogP contribution in [-0.2, 0) is 6.42 Å². The van der Waals surface area contributed by atoms with Gasteiger partial charge in [0.2, 0.25) is 5.88 Å². The van der Waals surface area contributed by atoms with Gasteiger partial charge in [0, 0.05) is 12.0 Å². The van der Waals surface area contributed by atoms with E-state index in [0.717, 1.165) is 22.4 Å². The molecule has 108 valence electrons. The molecular formula is C17H12N2O2S. The van der Waals surface area contributed by atoms with Crippen molar-refractivity contribution in [3.63, 3.8) is 0 Å². The normalized spacial score (nSPS) is 12.2. The zero-order chi connectivity index (χ0) is 15.1. The molecule has 0 atom stereocenters. The minimum Gasteiger partial charge on any atom is -0.508 e. The Morgan fingerprint density at radius 1 is 1.09 bits per heavy atom. The van der Waals surface area contributed by atoms with Crippen LogP contribution in [0.15, 0.2) is 48.5 Å². The second kappa shape index (κ2) is 4.96. The van der Waals surface area contributed by atoms with Crippen molar-refractivity contribution >= 4 is 12.2 Å². The number of hydrogen-bond donors (Lipinski definition) is 2. The van der Waals surface area contributed by atoms with Gasteiger partial charge in [-0.15, -0.1) is 0 Å². The molecule has 2 heterocycles. The number of benzene rings is 2. The van der Waals surface area contributed by atoms with Gasteiger partial charge in [-0.3, -0.25) is 0 Å². The summed E-state index contributed by atoms with van der Waals surface area (Å²) < 4.78 is 6.47. The van der Waals surface area contributed by atoms with Crippen LogP contribution in [0.5, 0.6) is 17.4 Å². The van der Waals surface area contributed by atoms with Gasteiger partial charge in [0.25, 0.3) is 0 Å². The van der Waals surface area contributed by atoms with Crippen LogP contribution in [0.3, 0.4) is 0 Å². The molecule has 1 aromatic heterocycles. The summed E-state index contributed by atoms with van der Waals surface area (Å²) in [5.41, 5.74) is 2.85. The van der Waals surface area contributed by atoms with E-state index in [1.165, 1.54) is 0 Å². The molecule has 0 aliphatic carbocycles. The van der Waals surface area contributed by atoms with Crippen LogP contribution in [0.25, 0.3) is 11.4 Å². The number of phenolic OH excluding ortho intramolecular Hbond substituents is 1.